The number of rotatable bonds is 7. The highest BCUT2D eigenvalue weighted by atomic mass is 35.5. The molecule has 0 bridgehead atoms. The average molecular weight is 453 g/mol. The summed E-state index contributed by atoms with van der Waals surface area (Å²) in [6.07, 6.45) is 2.78. The van der Waals surface area contributed by atoms with Crippen LogP contribution in [0.25, 0.3) is 5.69 Å². The van der Waals surface area contributed by atoms with Crippen LogP contribution < -0.4 is 14.6 Å². The van der Waals surface area contributed by atoms with Crippen LogP contribution in [0.5, 0.6) is 11.5 Å². The van der Waals surface area contributed by atoms with Crippen molar-refractivity contribution in [1.82, 2.24) is 9.78 Å². The molecule has 0 aliphatic carbocycles. The normalized spacial score (nSPS) is 11.3. The second-order valence-corrected chi connectivity index (χ2v) is 8.18. The number of nitro benzene ring substituents is 1. The Kier molecular flexibility index (Phi) is 5.97. The fraction of sp³-hybridized carbons (Fsp3) is 0.167. The van der Waals surface area contributed by atoms with E-state index in [0.29, 0.717) is 17.1 Å². The molecular weight excluding hydrogens is 436 g/mol. The molecule has 2 N–H and O–H groups in total. The van der Waals surface area contributed by atoms with Crippen LogP contribution in [0.1, 0.15) is 11.1 Å². The van der Waals surface area contributed by atoms with Crippen molar-refractivity contribution < 1.29 is 22.8 Å². The van der Waals surface area contributed by atoms with Gasteiger partial charge in [0.1, 0.15) is 16.4 Å². The summed E-state index contributed by atoms with van der Waals surface area (Å²) in [7, 11) is -1.35. The van der Waals surface area contributed by atoms with E-state index in [1.807, 2.05) is 0 Å². The molecule has 3 rings (SSSR count). The molecule has 1 heterocycles. The zero-order valence-electron chi connectivity index (χ0n) is 15.9. The van der Waals surface area contributed by atoms with Crippen LogP contribution in [0, 0.1) is 10.1 Å². The molecule has 0 saturated heterocycles. The topological polar surface area (TPSA) is 140 Å². The predicted octanol–water partition coefficient (Wildman–Crippen LogP) is 2.69. The van der Waals surface area contributed by atoms with Crippen molar-refractivity contribution in [3.05, 3.63) is 69.0 Å². The van der Waals surface area contributed by atoms with Crippen molar-refractivity contribution in [3.8, 4) is 17.2 Å². The minimum Gasteiger partial charge on any atom is -0.497 e. The van der Waals surface area contributed by atoms with Crippen LogP contribution in [0.3, 0.4) is 0 Å². The van der Waals surface area contributed by atoms with Crippen LogP contribution in [0.4, 0.5) is 5.69 Å². The number of primary sulfonamides is 1. The van der Waals surface area contributed by atoms with Crippen LogP contribution in [0.15, 0.2) is 47.6 Å². The highest BCUT2D eigenvalue weighted by molar-refractivity contribution is 7.89. The average Bonchev–Trinajstić information content (AvgIpc) is 3.12. The van der Waals surface area contributed by atoms with E-state index in [0.717, 1.165) is 6.07 Å². The number of nitrogens with two attached hydrogens (primary N) is 1. The lowest BCUT2D eigenvalue weighted by Gasteiger charge is -2.16. The minimum atomic E-state index is -4.33. The Labute approximate surface area is 177 Å². The zero-order valence-corrected chi connectivity index (χ0v) is 17.5. The number of benzene rings is 2. The number of nitrogens with zero attached hydrogens (tertiary/aromatic N) is 3. The highest BCUT2D eigenvalue weighted by Crippen LogP contribution is 2.33. The number of halogens is 1. The van der Waals surface area contributed by atoms with E-state index in [2.05, 4.69) is 5.10 Å². The number of non-ortho nitro benzene ring substituents is 1. The maximum Gasteiger partial charge on any atom is 0.271 e. The van der Waals surface area contributed by atoms with E-state index >= 15 is 0 Å². The molecule has 2 aromatic carbocycles. The second kappa shape index (κ2) is 8.30. The summed E-state index contributed by atoms with van der Waals surface area (Å²) in [6, 6.07) is 7.23. The predicted molar refractivity (Wildman–Crippen MR) is 109 cm³/mol. The molecule has 1 aromatic heterocycles. The van der Waals surface area contributed by atoms with E-state index in [1.165, 1.54) is 37.4 Å². The van der Waals surface area contributed by atoms with Gasteiger partial charge < -0.3 is 9.47 Å². The quantitative estimate of drug-likeness (QED) is 0.429. The van der Waals surface area contributed by atoms with Gasteiger partial charge >= 0.3 is 0 Å². The third kappa shape index (κ3) is 4.37. The summed E-state index contributed by atoms with van der Waals surface area (Å²) < 4.78 is 36.3. The molecule has 0 saturated carbocycles. The molecule has 10 nitrogen and oxygen atoms in total. The van der Waals surface area contributed by atoms with E-state index < -0.39 is 25.5 Å². The Bertz CT molecular complexity index is 1230. The van der Waals surface area contributed by atoms with Gasteiger partial charge in [0.05, 0.1) is 36.0 Å². The molecule has 0 fully saturated rings. The molecule has 0 aliphatic rings. The SMILES string of the molecule is COc1ccc(Cc2cc([N+](=O)[O-])cc(S(N)(=O)=O)c2-n2cc(Cl)cn2)c(OC)c1. The van der Waals surface area contributed by atoms with Gasteiger partial charge in [0.2, 0.25) is 10.0 Å². The first kappa shape index (κ1) is 21.6. The number of hydrogen-bond donors (Lipinski definition) is 1. The fourth-order valence-electron chi connectivity index (χ4n) is 2.99. The first-order chi connectivity index (χ1) is 14.1. The van der Waals surface area contributed by atoms with Crippen LogP contribution in [-0.2, 0) is 16.4 Å². The largest absolute Gasteiger partial charge is 0.497 e. The summed E-state index contributed by atoms with van der Waals surface area (Å²) in [5.41, 5.74) is 0.562. The van der Waals surface area contributed by atoms with E-state index in [-0.39, 0.29) is 22.7 Å². The van der Waals surface area contributed by atoms with Crippen LogP contribution >= 0.6 is 11.6 Å². The number of nitro groups is 1. The summed E-state index contributed by atoms with van der Waals surface area (Å²) in [5, 5.41) is 21.1. The Morgan fingerprint density at radius 1 is 1.20 bits per heavy atom. The molecule has 30 heavy (non-hydrogen) atoms. The van der Waals surface area contributed by atoms with E-state index in [1.54, 1.807) is 18.2 Å². The minimum absolute atomic E-state index is 0.0628. The highest BCUT2D eigenvalue weighted by Gasteiger charge is 2.25. The van der Waals surface area contributed by atoms with E-state index in [4.69, 9.17) is 26.2 Å². The van der Waals surface area contributed by atoms with Gasteiger partial charge in [-0.25, -0.2) is 18.2 Å². The summed E-state index contributed by atoms with van der Waals surface area (Å²) in [6.45, 7) is 0. The lowest BCUT2D eigenvalue weighted by molar-refractivity contribution is -0.385. The van der Waals surface area contributed by atoms with E-state index in [9.17, 15) is 18.5 Å². The molecule has 0 atom stereocenters. The van der Waals surface area contributed by atoms with Crippen LogP contribution in [0.2, 0.25) is 5.02 Å². The standard InChI is InChI=1S/C18H17ClN4O6S/c1-28-15-4-3-11(16(8-15)29-2)5-12-6-14(23(24)25)7-17(30(20,26)27)18(12)22-10-13(19)9-21-22/h3-4,6-10H,5H2,1-2H3,(H2,20,26,27). The van der Waals surface area contributed by atoms with Gasteiger partial charge in [0.25, 0.3) is 5.69 Å². The van der Waals surface area contributed by atoms with Gasteiger partial charge in [-0.3, -0.25) is 10.1 Å². The summed E-state index contributed by atoms with van der Waals surface area (Å²) in [4.78, 5) is 10.3. The number of methoxy groups -OCH3 is 2. The number of aromatic nitrogens is 2. The molecule has 12 heteroatoms. The van der Waals surface area contributed by atoms with Gasteiger partial charge in [-0.2, -0.15) is 5.10 Å². The number of ether oxygens (including phenoxy) is 2. The third-order valence-corrected chi connectivity index (χ3v) is 5.43. The molecule has 0 radical (unpaired) electrons. The monoisotopic (exact) mass is 452 g/mol. The van der Waals surface area contributed by atoms with Crippen molar-refractivity contribution in [2.45, 2.75) is 11.3 Å². The molecular formula is C18H17ClN4O6S. The summed E-state index contributed by atoms with van der Waals surface area (Å²) in [5.74, 6) is 1.02. The van der Waals surface area contributed by atoms with Gasteiger partial charge in [-0.1, -0.05) is 17.7 Å². The molecule has 0 spiro atoms. The van der Waals surface area contributed by atoms with Crippen LogP contribution in [-0.4, -0.2) is 37.3 Å². The maximum absolute atomic E-state index is 12.3. The van der Waals surface area contributed by atoms with Crippen molar-refractivity contribution in [2.24, 2.45) is 5.14 Å². The van der Waals surface area contributed by atoms with Gasteiger partial charge in [0.15, 0.2) is 0 Å². The lowest BCUT2D eigenvalue weighted by atomic mass is 10.0. The smallest absolute Gasteiger partial charge is 0.271 e. The van der Waals surface area contributed by atoms with Crippen molar-refractivity contribution >= 4 is 27.3 Å². The van der Waals surface area contributed by atoms with Gasteiger partial charge in [-0.15, -0.1) is 0 Å². The van der Waals surface area contributed by atoms with Gasteiger partial charge in [0, 0.05) is 30.8 Å². The maximum atomic E-state index is 12.3. The summed E-state index contributed by atoms with van der Waals surface area (Å²) >= 11 is 5.95. The second-order valence-electron chi connectivity index (χ2n) is 6.21. The first-order valence-electron chi connectivity index (χ1n) is 8.39. The van der Waals surface area contributed by atoms with Gasteiger partial charge in [-0.05, 0) is 17.2 Å². The molecule has 0 aliphatic heterocycles. The first-order valence-corrected chi connectivity index (χ1v) is 10.3. The van der Waals surface area contributed by atoms with Crippen molar-refractivity contribution in [1.29, 1.82) is 0 Å². The Hall–Kier alpha value is -3.15. The zero-order chi connectivity index (χ0) is 22.1. The Morgan fingerprint density at radius 2 is 1.93 bits per heavy atom. The van der Waals surface area contributed by atoms with Crippen molar-refractivity contribution in [2.75, 3.05) is 14.2 Å². The Morgan fingerprint density at radius 3 is 2.47 bits per heavy atom. The number of sulfonamides is 1. The fourth-order valence-corrected chi connectivity index (χ4v) is 3.91. The number of hydrogen-bond acceptors (Lipinski definition) is 7. The third-order valence-electron chi connectivity index (χ3n) is 4.31. The lowest BCUT2D eigenvalue weighted by Crippen LogP contribution is -2.18. The molecule has 158 valence electrons. The van der Waals surface area contributed by atoms with Crippen molar-refractivity contribution in [3.63, 3.8) is 0 Å². The Balaban J connectivity index is 2.29. The molecule has 3 aromatic rings. The molecule has 0 unspecified atom stereocenters. The molecule has 0 amide bonds.